The van der Waals surface area contributed by atoms with Crippen molar-refractivity contribution in [2.45, 2.75) is 31.3 Å². The fraction of sp³-hybridized carbons (Fsp3) is 0.364. The lowest BCUT2D eigenvalue weighted by Crippen LogP contribution is -2.57. The number of carbonyl (C=O) groups excluding carboxylic acids is 2. The Morgan fingerprint density at radius 2 is 1.73 bits per heavy atom. The van der Waals surface area contributed by atoms with Crippen molar-refractivity contribution in [2.75, 3.05) is 57.0 Å². The monoisotopic (exact) mass is 799 g/mol. The highest BCUT2D eigenvalue weighted by molar-refractivity contribution is 9.11. The summed E-state index contributed by atoms with van der Waals surface area (Å²) in [5, 5.41) is 3.02. The second-order valence-electron chi connectivity index (χ2n) is 12.0. The predicted octanol–water partition coefficient (Wildman–Crippen LogP) is 4.19. The van der Waals surface area contributed by atoms with Gasteiger partial charge in [0.15, 0.2) is 11.6 Å². The normalized spacial score (nSPS) is 16.0. The number of hydrogen-bond acceptors (Lipinski definition) is 8. The smallest absolute Gasteiger partial charge is 0.326 e. The fourth-order valence-corrected chi connectivity index (χ4v) is 7.57. The zero-order valence-electron chi connectivity index (χ0n) is 26.7. The van der Waals surface area contributed by atoms with Crippen LogP contribution in [0.2, 0.25) is 0 Å². The number of nitrogen functional groups attached to an aromatic ring is 1. The van der Waals surface area contributed by atoms with E-state index in [2.05, 4.69) is 57.0 Å². The van der Waals surface area contributed by atoms with Crippen molar-refractivity contribution >= 4 is 55.3 Å². The highest BCUT2D eigenvalue weighted by atomic mass is 79.9. The van der Waals surface area contributed by atoms with E-state index in [1.54, 1.807) is 46.0 Å². The average Bonchev–Trinajstić information content (AvgIpc) is 3.51. The first-order chi connectivity index (χ1) is 23.6. The second-order valence-corrected chi connectivity index (χ2v) is 13.7. The third-order valence-corrected chi connectivity index (χ3v) is 10.3. The number of benzene rings is 2. The number of nitrogens with two attached hydrogens (primary N) is 1. The van der Waals surface area contributed by atoms with E-state index in [0.29, 0.717) is 89.6 Å². The van der Waals surface area contributed by atoms with Crippen molar-refractivity contribution in [3.63, 3.8) is 0 Å². The molecule has 0 aliphatic carbocycles. The maximum Gasteiger partial charge on any atom is 0.326 e. The van der Waals surface area contributed by atoms with Crippen LogP contribution in [0.3, 0.4) is 0 Å². The number of urea groups is 1. The fourth-order valence-electron chi connectivity index (χ4n) is 6.29. The Bertz CT molecular complexity index is 1850. The number of carbonyl (C=O) groups is 2. The van der Waals surface area contributed by atoms with Gasteiger partial charge in [-0.2, -0.15) is 0 Å². The van der Waals surface area contributed by atoms with Crippen molar-refractivity contribution in [3.05, 3.63) is 85.9 Å². The van der Waals surface area contributed by atoms with Gasteiger partial charge in [0, 0.05) is 66.9 Å². The summed E-state index contributed by atoms with van der Waals surface area (Å²) in [6.07, 6.45) is 6.18. The predicted molar refractivity (Wildman–Crippen MR) is 190 cm³/mol. The van der Waals surface area contributed by atoms with Gasteiger partial charge in [-0.15, -0.1) is 0 Å². The van der Waals surface area contributed by atoms with Gasteiger partial charge in [-0.05, 0) is 92.2 Å². The van der Waals surface area contributed by atoms with Gasteiger partial charge in [0.05, 0.1) is 24.7 Å². The van der Waals surface area contributed by atoms with Gasteiger partial charge in [0.2, 0.25) is 5.91 Å². The number of ether oxygens (including phenoxy) is 1. The van der Waals surface area contributed by atoms with E-state index in [0.717, 1.165) is 5.56 Å². The van der Waals surface area contributed by atoms with E-state index >= 15 is 0 Å². The molecule has 2 saturated heterocycles. The lowest BCUT2D eigenvalue weighted by molar-refractivity contribution is -0.133. The van der Waals surface area contributed by atoms with Gasteiger partial charge in [0.25, 0.3) is 0 Å². The number of amides is 3. The molecule has 6 rings (SSSR count). The summed E-state index contributed by atoms with van der Waals surface area (Å²) in [6.45, 7) is 2.74. The quantitative estimate of drug-likeness (QED) is 0.224. The van der Waals surface area contributed by atoms with Crippen LogP contribution in [0.15, 0.2) is 68.9 Å². The van der Waals surface area contributed by atoms with Crippen LogP contribution < -0.4 is 26.4 Å². The Morgan fingerprint density at radius 1 is 1.06 bits per heavy atom. The summed E-state index contributed by atoms with van der Waals surface area (Å²) in [4.78, 5) is 57.3. The average molecular weight is 802 g/mol. The zero-order chi connectivity index (χ0) is 34.7. The summed E-state index contributed by atoms with van der Waals surface area (Å²) >= 11 is 6.98. The molecule has 4 aromatic rings. The third-order valence-electron chi connectivity index (χ3n) is 8.99. The van der Waals surface area contributed by atoms with Crippen molar-refractivity contribution < 1.29 is 18.7 Å². The lowest BCUT2D eigenvalue weighted by Gasteiger charge is -2.38. The maximum atomic E-state index is 14.0. The number of imidazole rings is 1. The number of methoxy groups -OCH3 is 1. The van der Waals surface area contributed by atoms with E-state index in [1.807, 2.05) is 12.1 Å². The van der Waals surface area contributed by atoms with Crippen LogP contribution in [0.25, 0.3) is 11.3 Å². The molecule has 0 saturated carbocycles. The number of halogens is 3. The number of anilines is 2. The summed E-state index contributed by atoms with van der Waals surface area (Å²) in [6, 6.07) is 8.35. The molecule has 16 heteroatoms. The summed E-state index contributed by atoms with van der Waals surface area (Å²) in [5.41, 5.74) is 8.53. The number of piperidine rings is 1. The van der Waals surface area contributed by atoms with Crippen molar-refractivity contribution in [1.82, 2.24) is 34.6 Å². The van der Waals surface area contributed by atoms with E-state index in [4.69, 9.17) is 10.5 Å². The number of likely N-dealkylation sites (tertiary alicyclic amines) is 1. The number of hydrogen-bond donors (Lipinski definition) is 3. The number of aromatic amines is 1. The molecule has 49 heavy (non-hydrogen) atoms. The van der Waals surface area contributed by atoms with E-state index in [1.165, 1.54) is 18.5 Å². The van der Waals surface area contributed by atoms with Gasteiger partial charge in [-0.25, -0.2) is 23.9 Å². The van der Waals surface area contributed by atoms with Crippen LogP contribution >= 0.6 is 31.9 Å². The molecule has 258 valence electrons. The second kappa shape index (κ2) is 15.0. The topological polar surface area (TPSA) is 155 Å². The largest absolute Gasteiger partial charge is 0.491 e. The standard InChI is InChI=1S/C33H36Br2FN9O4/c1-49-28-17-38-19-39-30(28)42-10-12-43(13-11-42)31(46)26(16-20-14-24(34)29(37)25(35)15-20)40-32(47)44-8-6-23(7-9-44)45-18-27(41-33(45)48)21-2-4-22(36)5-3-21/h2-5,14-15,17-19,23,26H,6-13,16,37H2,1H3,(H,40,47)(H,41,48)/t26-/m0/s1. The molecule has 13 nitrogen and oxygen atoms in total. The van der Waals surface area contributed by atoms with E-state index in [9.17, 15) is 18.8 Å². The SMILES string of the molecule is COc1cncnc1N1CCN(C(=O)[C@H](Cc2cc(Br)c(N)c(Br)c2)NC(=O)N2CCC(n3cc(-c4ccc(F)cc4)[nH]c3=O)CC2)CC1. The molecule has 4 N–H and O–H groups in total. The molecule has 0 bridgehead atoms. The molecule has 2 aliphatic heterocycles. The Morgan fingerprint density at radius 3 is 2.39 bits per heavy atom. The first-order valence-corrected chi connectivity index (χ1v) is 17.4. The van der Waals surface area contributed by atoms with Crippen LogP contribution in [-0.4, -0.2) is 93.7 Å². The minimum Gasteiger partial charge on any atom is -0.491 e. The molecule has 2 aliphatic rings. The molecular formula is C33H36Br2FN9O4. The van der Waals surface area contributed by atoms with Gasteiger partial charge >= 0.3 is 11.7 Å². The molecule has 4 heterocycles. The Balaban J connectivity index is 1.12. The Hall–Kier alpha value is -4.44. The van der Waals surface area contributed by atoms with Gasteiger partial charge in [-0.1, -0.05) is 0 Å². The summed E-state index contributed by atoms with van der Waals surface area (Å²) < 4.78 is 21.8. The summed E-state index contributed by atoms with van der Waals surface area (Å²) in [5.74, 6) is 0.693. The maximum absolute atomic E-state index is 14.0. The van der Waals surface area contributed by atoms with Gasteiger partial charge in [0.1, 0.15) is 18.2 Å². The Labute approximate surface area is 298 Å². The van der Waals surface area contributed by atoms with Crippen LogP contribution in [0.5, 0.6) is 5.75 Å². The number of nitrogens with one attached hydrogen (secondary N) is 2. The summed E-state index contributed by atoms with van der Waals surface area (Å²) in [7, 11) is 1.57. The van der Waals surface area contributed by atoms with Gasteiger partial charge < -0.3 is 35.5 Å². The molecule has 0 radical (unpaired) electrons. The number of rotatable bonds is 8. The third kappa shape index (κ3) is 7.75. The van der Waals surface area contributed by atoms with Crippen LogP contribution in [0.1, 0.15) is 24.4 Å². The van der Waals surface area contributed by atoms with E-state index in [-0.39, 0.29) is 35.9 Å². The highest BCUT2D eigenvalue weighted by Gasteiger charge is 2.33. The molecule has 1 atom stereocenters. The highest BCUT2D eigenvalue weighted by Crippen LogP contribution is 2.31. The number of piperazine rings is 1. The van der Waals surface area contributed by atoms with Crippen LogP contribution in [0, 0.1) is 5.82 Å². The molecule has 3 amide bonds. The lowest BCUT2D eigenvalue weighted by atomic mass is 10.0. The minimum absolute atomic E-state index is 0.117. The minimum atomic E-state index is -0.835. The molecule has 0 spiro atoms. The first kappa shape index (κ1) is 34.4. The first-order valence-electron chi connectivity index (χ1n) is 15.8. The van der Waals surface area contributed by atoms with Crippen molar-refractivity contribution in [1.29, 1.82) is 0 Å². The molecule has 2 aromatic heterocycles. The number of H-pyrrole nitrogens is 1. The molecule has 2 fully saturated rings. The van der Waals surface area contributed by atoms with Crippen molar-refractivity contribution in [3.8, 4) is 17.0 Å². The number of nitrogens with zero attached hydrogens (tertiary/aromatic N) is 6. The molecular weight excluding hydrogens is 765 g/mol. The van der Waals surface area contributed by atoms with E-state index < -0.39 is 6.04 Å². The zero-order valence-corrected chi connectivity index (χ0v) is 29.9. The van der Waals surface area contributed by atoms with Crippen molar-refractivity contribution in [2.24, 2.45) is 0 Å². The van der Waals surface area contributed by atoms with Crippen LogP contribution in [0.4, 0.5) is 20.7 Å². The molecule has 2 aromatic carbocycles. The van der Waals surface area contributed by atoms with Crippen LogP contribution in [-0.2, 0) is 11.2 Å². The van der Waals surface area contributed by atoms with Gasteiger partial charge in [-0.3, -0.25) is 9.36 Å². The Kier molecular flexibility index (Phi) is 10.5. The number of aromatic nitrogens is 4. The molecule has 0 unspecified atom stereocenters.